The average molecular weight is 300 g/mol. The van der Waals surface area contributed by atoms with Crippen LogP contribution in [-0.4, -0.2) is 29.2 Å². The zero-order valence-electron chi connectivity index (χ0n) is 13.8. The van der Waals surface area contributed by atoms with Gasteiger partial charge in [-0.05, 0) is 19.8 Å². The van der Waals surface area contributed by atoms with Crippen LogP contribution >= 0.6 is 0 Å². The van der Waals surface area contributed by atoms with Crippen molar-refractivity contribution < 1.29 is 14.7 Å². The third-order valence-electron chi connectivity index (χ3n) is 3.88. The second kappa shape index (κ2) is 11.4. The summed E-state index contributed by atoms with van der Waals surface area (Å²) in [5.74, 6) is -1.01. The number of carbonyl (C=O) groups is 2. The van der Waals surface area contributed by atoms with Gasteiger partial charge in [0.05, 0.1) is 0 Å². The molecule has 1 unspecified atom stereocenters. The van der Waals surface area contributed by atoms with E-state index in [0.29, 0.717) is 13.0 Å². The molecular formula is C16H32N2O3. The smallest absolute Gasteiger partial charge is 0.329 e. The number of aliphatic carboxylic acids is 1. The van der Waals surface area contributed by atoms with Crippen molar-refractivity contribution in [3.8, 4) is 0 Å². The Kier molecular flexibility index (Phi) is 10.7. The molecule has 21 heavy (non-hydrogen) atoms. The molecule has 0 rings (SSSR count). The van der Waals surface area contributed by atoms with Crippen LogP contribution in [0.4, 0.5) is 4.79 Å². The minimum absolute atomic E-state index is 0.355. The third kappa shape index (κ3) is 9.32. The molecule has 0 radical (unpaired) electrons. The fourth-order valence-corrected chi connectivity index (χ4v) is 2.05. The Bertz CT molecular complexity index is 308. The summed E-state index contributed by atoms with van der Waals surface area (Å²) in [7, 11) is 0. The first-order chi connectivity index (χ1) is 9.96. The average Bonchev–Trinajstić information content (AvgIpc) is 2.45. The molecule has 0 aromatic rings. The van der Waals surface area contributed by atoms with Gasteiger partial charge in [0.25, 0.3) is 0 Å². The van der Waals surface area contributed by atoms with Crippen molar-refractivity contribution in [3.05, 3.63) is 0 Å². The Morgan fingerprint density at radius 3 is 1.95 bits per heavy atom. The van der Waals surface area contributed by atoms with E-state index in [1.807, 2.05) is 0 Å². The van der Waals surface area contributed by atoms with E-state index in [0.717, 1.165) is 12.8 Å². The molecule has 0 bridgehead atoms. The highest BCUT2D eigenvalue weighted by molar-refractivity contribution is 5.85. The maximum absolute atomic E-state index is 11.6. The summed E-state index contributed by atoms with van der Waals surface area (Å²) in [5.41, 5.74) is -1.19. The molecule has 0 spiro atoms. The number of nitrogens with one attached hydrogen (secondary N) is 2. The summed E-state index contributed by atoms with van der Waals surface area (Å²) >= 11 is 0. The van der Waals surface area contributed by atoms with Crippen LogP contribution in [0.25, 0.3) is 0 Å². The topological polar surface area (TPSA) is 78.4 Å². The first kappa shape index (κ1) is 19.7. The minimum Gasteiger partial charge on any atom is -0.480 e. The molecule has 2 amide bonds. The fourth-order valence-electron chi connectivity index (χ4n) is 2.05. The van der Waals surface area contributed by atoms with E-state index in [4.69, 9.17) is 5.11 Å². The number of carboxylic acids is 1. The van der Waals surface area contributed by atoms with E-state index in [-0.39, 0.29) is 0 Å². The second-order valence-corrected chi connectivity index (χ2v) is 5.85. The Morgan fingerprint density at radius 2 is 1.48 bits per heavy atom. The van der Waals surface area contributed by atoms with E-state index in [2.05, 4.69) is 17.6 Å². The molecule has 0 saturated carbocycles. The quantitative estimate of drug-likeness (QED) is 0.481. The lowest BCUT2D eigenvalue weighted by Gasteiger charge is -2.24. The molecule has 1 atom stereocenters. The first-order valence-electron chi connectivity index (χ1n) is 8.25. The summed E-state index contributed by atoms with van der Waals surface area (Å²) in [4.78, 5) is 22.7. The summed E-state index contributed by atoms with van der Waals surface area (Å²) in [5, 5.41) is 14.3. The number of urea groups is 1. The number of unbranched alkanes of at least 4 members (excludes halogenated alkanes) is 7. The van der Waals surface area contributed by atoms with Crippen molar-refractivity contribution in [2.75, 3.05) is 6.54 Å². The van der Waals surface area contributed by atoms with Crippen molar-refractivity contribution in [3.63, 3.8) is 0 Å². The van der Waals surface area contributed by atoms with Crippen LogP contribution < -0.4 is 10.6 Å². The van der Waals surface area contributed by atoms with Gasteiger partial charge in [-0.1, -0.05) is 58.8 Å². The van der Waals surface area contributed by atoms with E-state index >= 15 is 0 Å². The summed E-state index contributed by atoms with van der Waals surface area (Å²) in [6.07, 6.45) is 10.1. The van der Waals surface area contributed by atoms with Crippen molar-refractivity contribution in [1.29, 1.82) is 0 Å². The van der Waals surface area contributed by atoms with E-state index in [1.165, 1.54) is 45.4 Å². The molecule has 0 aliphatic carbocycles. The van der Waals surface area contributed by atoms with Gasteiger partial charge in [-0.25, -0.2) is 9.59 Å². The van der Waals surface area contributed by atoms with Gasteiger partial charge in [0, 0.05) is 6.54 Å². The summed E-state index contributed by atoms with van der Waals surface area (Å²) in [6, 6.07) is -0.398. The number of amides is 2. The summed E-state index contributed by atoms with van der Waals surface area (Å²) in [6.45, 7) is 6.07. The fraction of sp³-hybridized carbons (Fsp3) is 0.875. The second-order valence-electron chi connectivity index (χ2n) is 5.85. The highest BCUT2D eigenvalue weighted by Crippen LogP contribution is 2.09. The molecule has 5 nitrogen and oxygen atoms in total. The highest BCUT2D eigenvalue weighted by atomic mass is 16.4. The molecule has 5 heteroatoms. The Labute approximate surface area is 128 Å². The molecule has 0 fully saturated rings. The van der Waals surface area contributed by atoms with Crippen LogP contribution in [0.5, 0.6) is 0 Å². The van der Waals surface area contributed by atoms with Gasteiger partial charge >= 0.3 is 12.0 Å². The lowest BCUT2D eigenvalue weighted by molar-refractivity contribution is -0.143. The normalized spacial score (nSPS) is 13.5. The maximum Gasteiger partial charge on any atom is 0.329 e. The molecule has 3 N–H and O–H groups in total. The van der Waals surface area contributed by atoms with E-state index < -0.39 is 17.5 Å². The third-order valence-corrected chi connectivity index (χ3v) is 3.88. The van der Waals surface area contributed by atoms with Gasteiger partial charge in [-0.3, -0.25) is 0 Å². The van der Waals surface area contributed by atoms with Crippen molar-refractivity contribution in [2.45, 2.75) is 84.1 Å². The van der Waals surface area contributed by atoms with Crippen LogP contribution in [0.15, 0.2) is 0 Å². The molecular weight excluding hydrogens is 268 g/mol. The maximum atomic E-state index is 11.6. The van der Waals surface area contributed by atoms with Crippen LogP contribution in [0.1, 0.15) is 78.6 Å². The predicted molar refractivity (Wildman–Crippen MR) is 85.5 cm³/mol. The predicted octanol–water partition coefficient (Wildman–Crippen LogP) is 3.68. The molecule has 0 aliphatic rings. The van der Waals surface area contributed by atoms with Crippen LogP contribution in [0.3, 0.4) is 0 Å². The number of carbonyl (C=O) groups excluding carboxylic acids is 1. The van der Waals surface area contributed by atoms with Gasteiger partial charge in [-0.2, -0.15) is 0 Å². The number of rotatable bonds is 12. The molecule has 0 aromatic carbocycles. The van der Waals surface area contributed by atoms with Gasteiger partial charge in [0.1, 0.15) is 5.54 Å². The molecule has 0 heterocycles. The Hall–Kier alpha value is -1.26. The Morgan fingerprint density at radius 1 is 0.952 bits per heavy atom. The standard InChI is InChI=1S/C16H32N2O3/c1-4-6-7-8-9-10-11-12-13-17-15(21)18-16(3,5-2)14(19)20/h4-13H2,1-3H3,(H,19,20)(H2,17,18,21). The van der Waals surface area contributed by atoms with E-state index in [9.17, 15) is 9.59 Å². The number of hydrogen-bond acceptors (Lipinski definition) is 2. The van der Waals surface area contributed by atoms with E-state index in [1.54, 1.807) is 6.92 Å². The van der Waals surface area contributed by atoms with Crippen molar-refractivity contribution >= 4 is 12.0 Å². The van der Waals surface area contributed by atoms with Crippen molar-refractivity contribution in [1.82, 2.24) is 10.6 Å². The zero-order chi connectivity index (χ0) is 16.1. The van der Waals surface area contributed by atoms with Crippen LogP contribution in [0.2, 0.25) is 0 Å². The van der Waals surface area contributed by atoms with Crippen molar-refractivity contribution in [2.24, 2.45) is 0 Å². The number of hydrogen-bond donors (Lipinski definition) is 3. The lowest BCUT2D eigenvalue weighted by atomic mass is 10.00. The molecule has 0 aliphatic heterocycles. The van der Waals surface area contributed by atoms with Gasteiger partial charge in [0.2, 0.25) is 0 Å². The number of carboxylic acid groups (broad SMARTS) is 1. The highest BCUT2D eigenvalue weighted by Gasteiger charge is 2.32. The first-order valence-corrected chi connectivity index (χ1v) is 8.25. The zero-order valence-corrected chi connectivity index (χ0v) is 13.8. The van der Waals surface area contributed by atoms with Crippen LogP contribution in [-0.2, 0) is 4.79 Å². The lowest BCUT2D eigenvalue weighted by Crippen LogP contribution is -2.54. The summed E-state index contributed by atoms with van der Waals surface area (Å²) < 4.78 is 0. The van der Waals surface area contributed by atoms with Crippen LogP contribution in [0, 0.1) is 0 Å². The largest absolute Gasteiger partial charge is 0.480 e. The monoisotopic (exact) mass is 300 g/mol. The Balaban J connectivity index is 3.60. The van der Waals surface area contributed by atoms with Gasteiger partial charge < -0.3 is 15.7 Å². The minimum atomic E-state index is -1.19. The molecule has 124 valence electrons. The molecule has 0 aromatic heterocycles. The van der Waals surface area contributed by atoms with Gasteiger partial charge in [-0.15, -0.1) is 0 Å². The SMILES string of the molecule is CCCCCCCCCCNC(=O)NC(C)(CC)C(=O)O. The van der Waals surface area contributed by atoms with Gasteiger partial charge in [0.15, 0.2) is 0 Å². The molecule has 0 saturated heterocycles.